The van der Waals surface area contributed by atoms with Gasteiger partial charge in [0.05, 0.1) is 6.10 Å². The maximum absolute atomic E-state index is 5.88. The number of hydrogen-bond acceptors (Lipinski definition) is 3. The summed E-state index contributed by atoms with van der Waals surface area (Å²) in [7, 11) is 0. The third-order valence-corrected chi connectivity index (χ3v) is 4.05. The van der Waals surface area contributed by atoms with Gasteiger partial charge in [-0.05, 0) is 37.5 Å². The Kier molecular flexibility index (Phi) is 4.38. The first-order valence-corrected chi connectivity index (χ1v) is 6.91. The third-order valence-electron chi connectivity index (χ3n) is 2.69. The number of anilines is 1. The molecule has 0 aliphatic carbocycles. The lowest BCUT2D eigenvalue weighted by molar-refractivity contribution is 0.109. The van der Waals surface area contributed by atoms with E-state index in [1.54, 1.807) is 17.8 Å². The molecular weight excluding hydrogens is 242 g/mol. The molecule has 0 radical (unpaired) electrons. The summed E-state index contributed by atoms with van der Waals surface area (Å²) in [5.41, 5.74) is 6.65. The van der Waals surface area contributed by atoms with Crippen LogP contribution in [0.5, 0.6) is 0 Å². The number of thioether (sulfide) groups is 1. The topological polar surface area (TPSA) is 35.2 Å². The highest BCUT2D eigenvalue weighted by molar-refractivity contribution is 7.99. The largest absolute Gasteiger partial charge is 0.398 e. The maximum Gasteiger partial charge on any atom is 0.0584 e. The van der Waals surface area contributed by atoms with Gasteiger partial charge < -0.3 is 10.5 Å². The van der Waals surface area contributed by atoms with E-state index in [9.17, 15) is 0 Å². The molecule has 2 nitrogen and oxygen atoms in total. The molecule has 1 atom stereocenters. The molecule has 1 aliphatic rings. The summed E-state index contributed by atoms with van der Waals surface area (Å²) in [5.74, 6) is 1.05. The first-order valence-electron chi connectivity index (χ1n) is 5.55. The summed E-state index contributed by atoms with van der Waals surface area (Å²) >= 11 is 7.62. The zero-order chi connectivity index (χ0) is 11.4. The Balaban J connectivity index is 1.80. The van der Waals surface area contributed by atoms with Crippen LogP contribution in [0.1, 0.15) is 19.3 Å². The molecule has 1 aliphatic heterocycles. The van der Waals surface area contributed by atoms with Gasteiger partial charge in [-0.25, -0.2) is 0 Å². The van der Waals surface area contributed by atoms with Gasteiger partial charge in [-0.3, -0.25) is 0 Å². The van der Waals surface area contributed by atoms with Gasteiger partial charge >= 0.3 is 0 Å². The predicted molar refractivity (Wildman–Crippen MR) is 70.2 cm³/mol. The lowest BCUT2D eigenvalue weighted by atomic mass is 10.2. The highest BCUT2D eigenvalue weighted by Crippen LogP contribution is 2.29. The molecular formula is C12H16ClNOS. The van der Waals surface area contributed by atoms with Gasteiger partial charge in [0.1, 0.15) is 0 Å². The number of nitrogens with two attached hydrogens (primary N) is 1. The highest BCUT2D eigenvalue weighted by atomic mass is 35.5. The molecule has 0 spiro atoms. The normalized spacial score (nSPS) is 20.2. The van der Waals surface area contributed by atoms with E-state index in [4.69, 9.17) is 22.1 Å². The second-order valence-electron chi connectivity index (χ2n) is 3.95. The van der Waals surface area contributed by atoms with E-state index in [-0.39, 0.29) is 0 Å². The predicted octanol–water partition coefficient (Wildman–Crippen LogP) is 3.58. The molecule has 1 fully saturated rings. The lowest BCUT2D eigenvalue weighted by Gasteiger charge is -2.09. The van der Waals surface area contributed by atoms with Gasteiger partial charge in [0.2, 0.25) is 0 Å². The number of rotatable bonds is 4. The number of hydrogen-bond donors (Lipinski definition) is 1. The fourth-order valence-electron chi connectivity index (χ4n) is 1.82. The molecule has 4 heteroatoms. The van der Waals surface area contributed by atoms with Crippen molar-refractivity contribution in [2.24, 2.45) is 0 Å². The Bertz CT molecular complexity index is 353. The zero-order valence-electron chi connectivity index (χ0n) is 9.12. The SMILES string of the molecule is Nc1cc(Cl)ccc1SCCC1CCCO1. The molecule has 1 heterocycles. The Morgan fingerprint density at radius 3 is 3.06 bits per heavy atom. The average molecular weight is 258 g/mol. The van der Waals surface area contributed by atoms with E-state index in [2.05, 4.69) is 0 Å². The first-order chi connectivity index (χ1) is 7.75. The van der Waals surface area contributed by atoms with Crippen LogP contribution in [-0.2, 0) is 4.74 Å². The molecule has 88 valence electrons. The van der Waals surface area contributed by atoms with Crippen LogP contribution in [0.2, 0.25) is 5.02 Å². The second kappa shape index (κ2) is 5.80. The van der Waals surface area contributed by atoms with Crippen molar-refractivity contribution >= 4 is 29.1 Å². The zero-order valence-corrected chi connectivity index (χ0v) is 10.7. The van der Waals surface area contributed by atoms with Crippen molar-refractivity contribution < 1.29 is 4.74 Å². The van der Waals surface area contributed by atoms with Crippen LogP contribution in [0.15, 0.2) is 23.1 Å². The minimum atomic E-state index is 0.459. The molecule has 1 unspecified atom stereocenters. The molecule has 2 rings (SSSR count). The Hall–Kier alpha value is -0.380. The van der Waals surface area contributed by atoms with Crippen molar-refractivity contribution in [1.82, 2.24) is 0 Å². The summed E-state index contributed by atoms with van der Waals surface area (Å²) in [6.07, 6.45) is 3.97. The van der Waals surface area contributed by atoms with E-state index in [0.29, 0.717) is 11.1 Å². The van der Waals surface area contributed by atoms with Crippen molar-refractivity contribution in [3.8, 4) is 0 Å². The molecule has 0 bridgehead atoms. The summed E-state index contributed by atoms with van der Waals surface area (Å²) in [4.78, 5) is 1.11. The van der Waals surface area contributed by atoms with E-state index in [1.165, 1.54) is 12.8 Å². The van der Waals surface area contributed by atoms with E-state index in [1.807, 2.05) is 12.1 Å². The van der Waals surface area contributed by atoms with Crippen LogP contribution in [0, 0.1) is 0 Å². The van der Waals surface area contributed by atoms with Crippen molar-refractivity contribution in [1.29, 1.82) is 0 Å². The maximum atomic E-state index is 5.88. The fraction of sp³-hybridized carbons (Fsp3) is 0.500. The third kappa shape index (κ3) is 3.30. The lowest BCUT2D eigenvalue weighted by Crippen LogP contribution is -2.05. The number of ether oxygens (including phenoxy) is 1. The number of benzene rings is 1. The Morgan fingerprint density at radius 1 is 1.50 bits per heavy atom. The van der Waals surface area contributed by atoms with Crippen LogP contribution in [-0.4, -0.2) is 18.5 Å². The van der Waals surface area contributed by atoms with Gasteiger partial charge in [-0.15, -0.1) is 11.8 Å². The molecule has 1 aromatic carbocycles. The monoisotopic (exact) mass is 257 g/mol. The smallest absolute Gasteiger partial charge is 0.0584 e. The minimum absolute atomic E-state index is 0.459. The summed E-state index contributed by atoms with van der Waals surface area (Å²) in [6, 6.07) is 5.67. The average Bonchev–Trinajstić information content (AvgIpc) is 2.74. The summed E-state index contributed by atoms with van der Waals surface area (Å²) < 4.78 is 5.57. The van der Waals surface area contributed by atoms with Crippen molar-refractivity contribution in [3.05, 3.63) is 23.2 Å². The van der Waals surface area contributed by atoms with Crippen LogP contribution in [0.4, 0.5) is 5.69 Å². The second-order valence-corrected chi connectivity index (χ2v) is 5.53. The van der Waals surface area contributed by atoms with Crippen LogP contribution < -0.4 is 5.73 Å². The molecule has 16 heavy (non-hydrogen) atoms. The molecule has 1 aromatic rings. The molecule has 0 amide bonds. The van der Waals surface area contributed by atoms with E-state index >= 15 is 0 Å². The van der Waals surface area contributed by atoms with Gasteiger partial charge in [-0.1, -0.05) is 11.6 Å². The van der Waals surface area contributed by atoms with E-state index in [0.717, 1.165) is 29.4 Å². The summed E-state index contributed by atoms with van der Waals surface area (Å²) in [5, 5.41) is 0.695. The molecule has 2 N–H and O–H groups in total. The van der Waals surface area contributed by atoms with Crippen molar-refractivity contribution in [2.75, 3.05) is 18.1 Å². The van der Waals surface area contributed by atoms with Crippen LogP contribution in [0.25, 0.3) is 0 Å². The van der Waals surface area contributed by atoms with Crippen molar-refractivity contribution in [3.63, 3.8) is 0 Å². The van der Waals surface area contributed by atoms with Crippen LogP contribution in [0.3, 0.4) is 0 Å². The van der Waals surface area contributed by atoms with Gasteiger partial charge in [0.15, 0.2) is 0 Å². The van der Waals surface area contributed by atoms with Gasteiger partial charge in [0.25, 0.3) is 0 Å². The minimum Gasteiger partial charge on any atom is -0.398 e. The van der Waals surface area contributed by atoms with Gasteiger partial charge in [-0.2, -0.15) is 0 Å². The highest BCUT2D eigenvalue weighted by Gasteiger charge is 2.14. The van der Waals surface area contributed by atoms with Crippen molar-refractivity contribution in [2.45, 2.75) is 30.3 Å². The quantitative estimate of drug-likeness (QED) is 0.661. The van der Waals surface area contributed by atoms with Crippen LogP contribution >= 0.6 is 23.4 Å². The standard InChI is InChI=1S/C12H16ClNOS/c13-9-3-4-12(11(14)8-9)16-7-5-10-2-1-6-15-10/h3-4,8,10H,1-2,5-7,14H2. The fourth-order valence-corrected chi connectivity index (χ4v) is 2.99. The van der Waals surface area contributed by atoms with E-state index < -0.39 is 0 Å². The molecule has 0 aromatic heterocycles. The Morgan fingerprint density at radius 2 is 2.38 bits per heavy atom. The number of nitrogen functional groups attached to an aromatic ring is 1. The van der Waals surface area contributed by atoms with Gasteiger partial charge in [0, 0.05) is 28.0 Å². The Labute approximate surface area is 105 Å². The first kappa shape index (κ1) is 12.1. The summed E-state index contributed by atoms with van der Waals surface area (Å²) in [6.45, 7) is 0.929. The molecule has 0 saturated carbocycles. The number of halogens is 1. The molecule has 1 saturated heterocycles.